The lowest BCUT2D eigenvalue weighted by atomic mass is 10.1. The molecule has 0 saturated heterocycles. The molecule has 1 atom stereocenters. The van der Waals surface area contributed by atoms with Crippen LogP contribution in [-0.2, 0) is 0 Å². The third-order valence-corrected chi connectivity index (χ3v) is 1.74. The molecule has 0 unspecified atom stereocenters. The Bertz CT molecular complexity index is 335. The highest BCUT2D eigenvalue weighted by Crippen LogP contribution is 2.31. The first kappa shape index (κ1) is 10.8. The highest BCUT2D eigenvalue weighted by molar-refractivity contribution is 5.42. The molecule has 78 valence electrons. The van der Waals surface area contributed by atoms with E-state index in [0.717, 1.165) is 12.1 Å². The molecule has 1 aromatic carbocycles. The standard InChI is InChI=1S/C8H8F4N2/c9-5-3-4(1-2-6(5)13)7(14)8(10,11)12/h1-3,7H,13-14H2/t7-/m0/s1. The molecule has 0 aliphatic heterocycles. The maximum atomic E-state index is 12.8. The van der Waals surface area contributed by atoms with E-state index in [1.807, 2.05) is 0 Å². The Morgan fingerprint density at radius 3 is 2.21 bits per heavy atom. The zero-order chi connectivity index (χ0) is 10.9. The number of hydrogen-bond donors (Lipinski definition) is 2. The van der Waals surface area contributed by atoms with Gasteiger partial charge in [-0.15, -0.1) is 0 Å². The van der Waals surface area contributed by atoms with Gasteiger partial charge in [-0.05, 0) is 17.7 Å². The molecule has 4 N–H and O–H groups in total. The summed E-state index contributed by atoms with van der Waals surface area (Å²) in [4.78, 5) is 0. The number of benzene rings is 1. The zero-order valence-corrected chi connectivity index (χ0v) is 6.98. The van der Waals surface area contributed by atoms with Crippen LogP contribution in [0.2, 0.25) is 0 Å². The van der Waals surface area contributed by atoms with Gasteiger partial charge in [0.1, 0.15) is 11.9 Å². The van der Waals surface area contributed by atoms with E-state index in [4.69, 9.17) is 11.5 Å². The minimum absolute atomic E-state index is 0.205. The van der Waals surface area contributed by atoms with Crippen LogP contribution < -0.4 is 11.5 Å². The van der Waals surface area contributed by atoms with E-state index >= 15 is 0 Å². The third kappa shape index (κ3) is 2.14. The molecule has 1 aromatic rings. The van der Waals surface area contributed by atoms with E-state index in [9.17, 15) is 17.6 Å². The molecule has 0 spiro atoms. The number of rotatable bonds is 1. The van der Waals surface area contributed by atoms with Crippen LogP contribution in [0.4, 0.5) is 23.2 Å². The van der Waals surface area contributed by atoms with Crippen molar-refractivity contribution in [3.05, 3.63) is 29.6 Å². The van der Waals surface area contributed by atoms with Crippen LogP contribution >= 0.6 is 0 Å². The number of hydrogen-bond acceptors (Lipinski definition) is 2. The highest BCUT2D eigenvalue weighted by atomic mass is 19.4. The van der Waals surface area contributed by atoms with Crippen LogP contribution in [0.25, 0.3) is 0 Å². The van der Waals surface area contributed by atoms with Crippen LogP contribution in [0.15, 0.2) is 18.2 Å². The molecule has 0 fully saturated rings. The van der Waals surface area contributed by atoms with Gasteiger partial charge in [0.25, 0.3) is 0 Å². The Hall–Kier alpha value is -1.30. The van der Waals surface area contributed by atoms with Gasteiger partial charge in [0.15, 0.2) is 0 Å². The molecule has 1 rings (SSSR count). The maximum Gasteiger partial charge on any atom is 0.407 e. The highest BCUT2D eigenvalue weighted by Gasteiger charge is 2.37. The molecule has 0 aliphatic carbocycles. The minimum atomic E-state index is -4.58. The molecule has 0 aliphatic rings. The summed E-state index contributed by atoms with van der Waals surface area (Å²) < 4.78 is 49.0. The van der Waals surface area contributed by atoms with Crippen molar-refractivity contribution in [2.75, 3.05) is 5.73 Å². The van der Waals surface area contributed by atoms with Gasteiger partial charge in [0.05, 0.1) is 5.69 Å². The maximum absolute atomic E-state index is 12.8. The van der Waals surface area contributed by atoms with Crippen molar-refractivity contribution in [2.24, 2.45) is 5.73 Å². The summed E-state index contributed by atoms with van der Waals surface area (Å²) in [5.74, 6) is -0.901. The quantitative estimate of drug-likeness (QED) is 0.547. The van der Waals surface area contributed by atoms with Gasteiger partial charge >= 0.3 is 6.18 Å². The van der Waals surface area contributed by atoms with Crippen molar-refractivity contribution in [1.82, 2.24) is 0 Å². The molecule has 0 amide bonds. The average molecular weight is 208 g/mol. The van der Waals surface area contributed by atoms with Crippen molar-refractivity contribution in [2.45, 2.75) is 12.2 Å². The van der Waals surface area contributed by atoms with Gasteiger partial charge in [-0.3, -0.25) is 0 Å². The van der Waals surface area contributed by atoms with Crippen LogP contribution in [0.3, 0.4) is 0 Å². The van der Waals surface area contributed by atoms with E-state index in [2.05, 4.69) is 0 Å². The van der Waals surface area contributed by atoms with E-state index in [1.54, 1.807) is 0 Å². The SMILES string of the molecule is Nc1ccc([C@H](N)C(F)(F)F)cc1F. The summed E-state index contributed by atoms with van der Waals surface area (Å²) in [7, 11) is 0. The fourth-order valence-electron chi connectivity index (χ4n) is 0.926. The predicted octanol–water partition coefficient (Wildman–Crippen LogP) is 1.97. The van der Waals surface area contributed by atoms with Crippen LogP contribution in [0, 0.1) is 5.82 Å². The lowest BCUT2D eigenvalue weighted by Gasteiger charge is -2.15. The molecule has 2 nitrogen and oxygen atoms in total. The fraction of sp³-hybridized carbons (Fsp3) is 0.250. The smallest absolute Gasteiger partial charge is 0.396 e. The molecule has 0 radical (unpaired) electrons. The van der Waals surface area contributed by atoms with Crippen molar-refractivity contribution in [3.8, 4) is 0 Å². The Balaban J connectivity index is 3.03. The molecule has 0 saturated carbocycles. The Morgan fingerprint density at radius 2 is 1.79 bits per heavy atom. The molecule has 0 bridgehead atoms. The molecular formula is C8H8F4N2. The van der Waals surface area contributed by atoms with Crippen molar-refractivity contribution in [1.29, 1.82) is 0 Å². The van der Waals surface area contributed by atoms with Gasteiger partial charge in [-0.2, -0.15) is 13.2 Å². The molecule has 0 heterocycles. The third-order valence-electron chi connectivity index (χ3n) is 1.74. The van der Waals surface area contributed by atoms with Gasteiger partial charge in [-0.25, -0.2) is 4.39 Å². The summed E-state index contributed by atoms with van der Waals surface area (Å²) in [5.41, 5.74) is 9.41. The van der Waals surface area contributed by atoms with E-state index in [-0.39, 0.29) is 11.3 Å². The molecule has 14 heavy (non-hydrogen) atoms. The first-order valence-corrected chi connectivity index (χ1v) is 3.69. The molecule has 6 heteroatoms. The fourth-order valence-corrected chi connectivity index (χ4v) is 0.926. The Morgan fingerprint density at radius 1 is 1.21 bits per heavy atom. The number of anilines is 1. The van der Waals surface area contributed by atoms with Crippen molar-refractivity contribution >= 4 is 5.69 Å². The Labute approximate surface area is 77.5 Å². The lowest BCUT2D eigenvalue weighted by molar-refractivity contribution is -0.149. The first-order chi connectivity index (χ1) is 6.32. The molecular weight excluding hydrogens is 200 g/mol. The zero-order valence-electron chi connectivity index (χ0n) is 6.98. The summed E-state index contributed by atoms with van der Waals surface area (Å²) in [6, 6.07) is 0.609. The summed E-state index contributed by atoms with van der Waals surface area (Å²) >= 11 is 0. The predicted molar refractivity (Wildman–Crippen MR) is 43.8 cm³/mol. The largest absolute Gasteiger partial charge is 0.407 e. The van der Waals surface area contributed by atoms with E-state index < -0.39 is 18.0 Å². The van der Waals surface area contributed by atoms with E-state index in [0.29, 0.717) is 6.07 Å². The second kappa shape index (κ2) is 3.45. The first-order valence-electron chi connectivity index (χ1n) is 3.69. The average Bonchev–Trinajstić information content (AvgIpc) is 2.07. The van der Waals surface area contributed by atoms with Crippen molar-refractivity contribution < 1.29 is 17.6 Å². The van der Waals surface area contributed by atoms with Gasteiger partial charge in [-0.1, -0.05) is 6.07 Å². The van der Waals surface area contributed by atoms with Crippen LogP contribution in [0.5, 0.6) is 0 Å². The number of alkyl halides is 3. The van der Waals surface area contributed by atoms with Gasteiger partial charge < -0.3 is 11.5 Å². The number of halogens is 4. The second-order valence-electron chi connectivity index (χ2n) is 2.80. The van der Waals surface area contributed by atoms with Crippen molar-refractivity contribution in [3.63, 3.8) is 0 Å². The normalized spacial score (nSPS) is 14.1. The molecule has 0 aromatic heterocycles. The topological polar surface area (TPSA) is 52.0 Å². The van der Waals surface area contributed by atoms with Gasteiger partial charge in [0, 0.05) is 0 Å². The summed E-state index contributed by atoms with van der Waals surface area (Å²) in [6.45, 7) is 0. The number of nitrogen functional groups attached to an aromatic ring is 1. The van der Waals surface area contributed by atoms with Gasteiger partial charge in [0.2, 0.25) is 0 Å². The number of nitrogens with two attached hydrogens (primary N) is 2. The second-order valence-corrected chi connectivity index (χ2v) is 2.80. The van der Waals surface area contributed by atoms with E-state index in [1.165, 1.54) is 0 Å². The Kier molecular flexibility index (Phi) is 2.66. The monoisotopic (exact) mass is 208 g/mol. The van der Waals surface area contributed by atoms with Crippen LogP contribution in [0.1, 0.15) is 11.6 Å². The minimum Gasteiger partial charge on any atom is -0.396 e. The summed E-state index contributed by atoms with van der Waals surface area (Å²) in [5, 5.41) is 0. The summed E-state index contributed by atoms with van der Waals surface area (Å²) in [6.07, 6.45) is -4.58. The van der Waals surface area contributed by atoms with Crippen LogP contribution in [-0.4, -0.2) is 6.18 Å². The lowest BCUT2D eigenvalue weighted by Crippen LogP contribution is -2.28.